The number of benzene rings is 2. The van der Waals surface area contributed by atoms with Gasteiger partial charge in [0.1, 0.15) is 17.3 Å². The fourth-order valence-corrected chi connectivity index (χ4v) is 4.73. The van der Waals surface area contributed by atoms with Gasteiger partial charge >= 0.3 is 5.97 Å². The van der Waals surface area contributed by atoms with E-state index >= 15 is 0 Å². The van der Waals surface area contributed by atoms with Gasteiger partial charge in [-0.3, -0.25) is 14.4 Å². The Morgan fingerprint density at radius 3 is 2.21 bits per heavy atom. The Bertz CT molecular complexity index is 1220. The molecule has 0 saturated carbocycles. The van der Waals surface area contributed by atoms with Gasteiger partial charge in [-0.05, 0) is 54.4 Å². The summed E-state index contributed by atoms with van der Waals surface area (Å²) >= 11 is 0. The largest absolute Gasteiger partial charge is 0.507 e. The first-order valence-electron chi connectivity index (χ1n) is 12.9. The summed E-state index contributed by atoms with van der Waals surface area (Å²) in [6, 6.07) is 11.1. The molecule has 0 bridgehead atoms. The second-order valence-electron chi connectivity index (χ2n) is 10.3. The topological polar surface area (TPSA) is 96.4 Å². The molecule has 0 aliphatic carbocycles. The highest BCUT2D eigenvalue weighted by molar-refractivity contribution is 6.46. The molecule has 0 aromatic heterocycles. The van der Waals surface area contributed by atoms with Crippen molar-refractivity contribution in [2.24, 2.45) is 0 Å². The zero-order chi connectivity index (χ0) is 28.2. The molecule has 38 heavy (non-hydrogen) atoms. The van der Waals surface area contributed by atoms with Gasteiger partial charge in [-0.15, -0.1) is 0 Å². The van der Waals surface area contributed by atoms with Crippen molar-refractivity contribution < 1.29 is 29.0 Å². The summed E-state index contributed by atoms with van der Waals surface area (Å²) < 4.78 is 10.7. The first-order valence-corrected chi connectivity index (χ1v) is 12.9. The monoisotopic (exact) mass is 522 g/mol. The van der Waals surface area contributed by atoms with E-state index in [2.05, 4.69) is 4.90 Å². The minimum Gasteiger partial charge on any atom is -0.507 e. The van der Waals surface area contributed by atoms with Gasteiger partial charge in [0.05, 0.1) is 18.7 Å². The van der Waals surface area contributed by atoms with Gasteiger partial charge in [-0.1, -0.05) is 46.8 Å². The van der Waals surface area contributed by atoms with Crippen LogP contribution in [0, 0.1) is 0 Å². The molecule has 1 unspecified atom stereocenters. The second-order valence-corrected chi connectivity index (χ2v) is 10.3. The lowest BCUT2D eigenvalue weighted by Gasteiger charge is -2.28. The van der Waals surface area contributed by atoms with E-state index < -0.39 is 23.7 Å². The van der Waals surface area contributed by atoms with E-state index in [4.69, 9.17) is 9.47 Å². The molecule has 2 aromatic carbocycles. The third-order valence-corrected chi connectivity index (χ3v) is 6.83. The maximum Gasteiger partial charge on any atom is 0.308 e. The predicted octanol–water partition coefficient (Wildman–Crippen LogP) is 4.68. The highest BCUT2D eigenvalue weighted by Crippen LogP contribution is 2.41. The number of nitrogens with zero attached hydrogens (tertiary/aromatic N) is 2. The number of hydrogen-bond acceptors (Lipinski definition) is 7. The van der Waals surface area contributed by atoms with Crippen molar-refractivity contribution in [2.45, 2.75) is 53.0 Å². The number of rotatable bonds is 9. The van der Waals surface area contributed by atoms with Crippen molar-refractivity contribution in [2.75, 3.05) is 33.3 Å². The molecule has 1 amide bonds. The number of likely N-dealkylation sites (N-methyl/N-ethyl adjacent to an activating group) is 1. The van der Waals surface area contributed by atoms with E-state index in [9.17, 15) is 19.5 Å². The van der Waals surface area contributed by atoms with E-state index in [1.807, 2.05) is 34.6 Å². The van der Waals surface area contributed by atoms with Crippen LogP contribution in [0.25, 0.3) is 5.76 Å². The quantitative estimate of drug-likeness (QED) is 0.168. The van der Waals surface area contributed by atoms with Crippen LogP contribution in [-0.4, -0.2) is 65.9 Å². The van der Waals surface area contributed by atoms with Crippen molar-refractivity contribution in [1.82, 2.24) is 9.80 Å². The Morgan fingerprint density at radius 2 is 1.68 bits per heavy atom. The molecule has 1 atom stereocenters. The number of hydrogen-bond donors (Lipinski definition) is 1. The maximum atomic E-state index is 13.4. The van der Waals surface area contributed by atoms with E-state index in [1.165, 1.54) is 11.8 Å². The van der Waals surface area contributed by atoms with Crippen LogP contribution >= 0.6 is 0 Å². The number of ketones is 1. The molecular weight excluding hydrogens is 484 g/mol. The number of amides is 1. The van der Waals surface area contributed by atoms with E-state index in [0.717, 1.165) is 18.7 Å². The Morgan fingerprint density at radius 1 is 1.05 bits per heavy atom. The van der Waals surface area contributed by atoms with Crippen molar-refractivity contribution in [3.8, 4) is 11.5 Å². The third-order valence-electron chi connectivity index (χ3n) is 6.83. The lowest BCUT2D eigenvalue weighted by molar-refractivity contribution is -0.140. The summed E-state index contributed by atoms with van der Waals surface area (Å²) in [7, 11) is 1.59. The fraction of sp³-hybridized carbons (Fsp3) is 0.433. The van der Waals surface area contributed by atoms with E-state index in [-0.39, 0.29) is 16.7 Å². The van der Waals surface area contributed by atoms with E-state index in [1.54, 1.807) is 49.6 Å². The molecule has 0 radical (unpaired) electrons. The van der Waals surface area contributed by atoms with Gasteiger partial charge in [0.25, 0.3) is 11.7 Å². The van der Waals surface area contributed by atoms with Crippen LogP contribution in [0.4, 0.5) is 0 Å². The average Bonchev–Trinajstić information content (AvgIpc) is 3.13. The SMILES string of the molecule is CCN(CC)CCN1C(=O)C(=O)/C(=C(\O)c2ccc(OC)c(C(C)(C)C)c2)C1c1ccc(OC(C)=O)cc1. The minimum atomic E-state index is -0.794. The predicted molar refractivity (Wildman–Crippen MR) is 146 cm³/mol. The van der Waals surface area contributed by atoms with Gasteiger partial charge in [-0.25, -0.2) is 0 Å². The molecule has 3 rings (SSSR count). The van der Waals surface area contributed by atoms with Gasteiger partial charge in [0.2, 0.25) is 0 Å². The smallest absolute Gasteiger partial charge is 0.308 e. The highest BCUT2D eigenvalue weighted by atomic mass is 16.5. The molecular formula is C30H38N2O6. The molecule has 1 fully saturated rings. The number of carbonyl (C=O) groups excluding carboxylic acids is 3. The Labute approximate surface area is 224 Å². The zero-order valence-electron chi connectivity index (χ0n) is 23.3. The summed E-state index contributed by atoms with van der Waals surface area (Å²) in [5.41, 5.74) is 1.66. The lowest BCUT2D eigenvalue weighted by Crippen LogP contribution is -2.38. The van der Waals surface area contributed by atoms with Gasteiger partial charge < -0.3 is 24.4 Å². The van der Waals surface area contributed by atoms with Crippen LogP contribution in [0.5, 0.6) is 11.5 Å². The second kappa shape index (κ2) is 11.8. The molecule has 8 nitrogen and oxygen atoms in total. The normalized spacial score (nSPS) is 17.3. The molecule has 1 N–H and O–H groups in total. The average molecular weight is 523 g/mol. The van der Waals surface area contributed by atoms with Gasteiger partial charge in [-0.2, -0.15) is 0 Å². The summed E-state index contributed by atoms with van der Waals surface area (Å²) in [4.78, 5) is 41.7. The Balaban J connectivity index is 2.16. The minimum absolute atomic E-state index is 0.0276. The molecule has 0 spiro atoms. The van der Waals surface area contributed by atoms with Crippen LogP contribution in [0.1, 0.15) is 64.3 Å². The summed E-state index contributed by atoms with van der Waals surface area (Å²) in [5, 5.41) is 11.5. The number of carbonyl (C=O) groups is 3. The van der Waals surface area contributed by atoms with Crippen molar-refractivity contribution in [3.05, 3.63) is 64.7 Å². The number of methoxy groups -OCH3 is 1. The first-order chi connectivity index (χ1) is 17.9. The molecule has 1 aliphatic heterocycles. The number of ether oxygens (including phenoxy) is 2. The van der Waals surface area contributed by atoms with Crippen molar-refractivity contribution in [1.29, 1.82) is 0 Å². The van der Waals surface area contributed by atoms with Crippen molar-refractivity contribution in [3.63, 3.8) is 0 Å². The van der Waals surface area contributed by atoms with Gasteiger partial charge in [0, 0.05) is 31.1 Å². The standard InChI is InChI=1S/C30H38N2O6/c1-8-31(9-2)16-17-32-26(20-10-13-22(14-11-20)38-19(3)33)25(28(35)29(32)36)27(34)21-12-15-24(37-7)23(18-21)30(4,5)6/h10-15,18,26,34H,8-9,16-17H2,1-7H3/b27-25-. The van der Waals surface area contributed by atoms with Crippen LogP contribution < -0.4 is 9.47 Å². The number of aliphatic hydroxyl groups is 1. The van der Waals surface area contributed by atoms with E-state index in [0.29, 0.717) is 35.7 Å². The lowest BCUT2D eigenvalue weighted by atomic mass is 9.84. The molecule has 2 aromatic rings. The molecule has 204 valence electrons. The van der Waals surface area contributed by atoms with Crippen LogP contribution in [0.15, 0.2) is 48.0 Å². The molecule has 1 saturated heterocycles. The number of esters is 1. The third kappa shape index (κ3) is 6.07. The number of Topliss-reactive ketones (excluding diaryl/α,β-unsaturated/α-hetero) is 1. The Hall–Kier alpha value is -3.65. The molecule has 1 heterocycles. The summed E-state index contributed by atoms with van der Waals surface area (Å²) in [5.74, 6) is -1.05. The summed E-state index contributed by atoms with van der Waals surface area (Å²) in [6.07, 6.45) is 0. The Kier molecular flexibility index (Phi) is 8.99. The zero-order valence-corrected chi connectivity index (χ0v) is 23.3. The van der Waals surface area contributed by atoms with Crippen LogP contribution in [0.3, 0.4) is 0 Å². The van der Waals surface area contributed by atoms with Crippen LogP contribution in [0.2, 0.25) is 0 Å². The number of aliphatic hydroxyl groups excluding tert-OH is 1. The highest BCUT2D eigenvalue weighted by Gasteiger charge is 2.46. The van der Waals surface area contributed by atoms with Crippen molar-refractivity contribution >= 4 is 23.4 Å². The van der Waals surface area contributed by atoms with Gasteiger partial charge in [0.15, 0.2) is 0 Å². The first kappa shape index (κ1) is 28.9. The molecule has 8 heteroatoms. The van der Waals surface area contributed by atoms with Crippen LogP contribution in [-0.2, 0) is 19.8 Å². The number of likely N-dealkylation sites (tertiary alicyclic amines) is 1. The maximum absolute atomic E-state index is 13.4. The molecule has 1 aliphatic rings. The fourth-order valence-electron chi connectivity index (χ4n) is 4.73. The summed E-state index contributed by atoms with van der Waals surface area (Å²) in [6.45, 7) is 14.0.